The molecular weight excluding hydrogens is 341 g/mol. The summed E-state index contributed by atoms with van der Waals surface area (Å²) in [5.74, 6) is 1.16. The Kier molecular flexibility index (Phi) is 5.44. The monoisotopic (exact) mass is 360 g/mol. The number of fused-ring (bicyclic) bond motifs is 1. The van der Waals surface area contributed by atoms with Crippen LogP contribution in [-0.2, 0) is 13.1 Å². The summed E-state index contributed by atoms with van der Waals surface area (Å²) in [5.41, 5.74) is 3.53. The van der Waals surface area contributed by atoms with Crippen molar-refractivity contribution in [3.8, 4) is 0 Å². The van der Waals surface area contributed by atoms with Crippen molar-refractivity contribution in [3.63, 3.8) is 0 Å². The lowest BCUT2D eigenvalue weighted by Gasteiger charge is -2.16. The minimum absolute atomic E-state index is 0. The Hall–Kier alpha value is -1.55. The Labute approximate surface area is 153 Å². The first kappa shape index (κ1) is 17.3. The second-order valence-electron chi connectivity index (χ2n) is 6.21. The van der Waals surface area contributed by atoms with Crippen LogP contribution in [0.25, 0.3) is 11.0 Å². The van der Waals surface area contributed by atoms with Crippen LogP contribution >= 0.6 is 11.6 Å². The fraction of sp³-hybridized carbons (Fsp3) is 0.316. The van der Waals surface area contributed by atoms with Crippen LogP contribution in [0.3, 0.4) is 0 Å². The Balaban J connectivity index is 0.00000169. The molecule has 1 aliphatic heterocycles. The number of halogens is 2. The van der Waals surface area contributed by atoms with E-state index in [0.717, 1.165) is 29.5 Å². The molecule has 3 nitrogen and oxygen atoms in total. The molecule has 5 heteroatoms. The second kappa shape index (κ2) is 7.56. The Morgan fingerprint density at radius 3 is 2.38 bits per heavy atom. The normalized spacial score (nSPS) is 14.9. The number of para-hydroxylation sites is 2. The topological polar surface area (TPSA) is 21.1 Å². The average Bonchev–Trinajstić information content (AvgIpc) is 3.19. The van der Waals surface area contributed by atoms with Crippen LogP contribution < -0.4 is 12.4 Å². The smallest absolute Gasteiger partial charge is 0.124 e. The van der Waals surface area contributed by atoms with Crippen molar-refractivity contribution in [2.45, 2.75) is 25.9 Å². The van der Waals surface area contributed by atoms with Gasteiger partial charge in [0.25, 0.3) is 0 Å². The summed E-state index contributed by atoms with van der Waals surface area (Å²) in [5, 5.41) is 0.779. The summed E-state index contributed by atoms with van der Waals surface area (Å²) < 4.78 is 2.34. The number of hydrogen-bond donors (Lipinski definition) is 0. The van der Waals surface area contributed by atoms with Gasteiger partial charge in [-0.3, -0.25) is 4.90 Å². The third kappa shape index (κ3) is 3.59. The van der Waals surface area contributed by atoms with Crippen LogP contribution in [0.2, 0.25) is 5.02 Å². The molecule has 0 unspecified atom stereocenters. The van der Waals surface area contributed by atoms with Crippen molar-refractivity contribution in [2.24, 2.45) is 0 Å². The van der Waals surface area contributed by atoms with E-state index in [9.17, 15) is 0 Å². The summed E-state index contributed by atoms with van der Waals surface area (Å²) in [6, 6.07) is 16.5. The van der Waals surface area contributed by atoms with Crippen molar-refractivity contribution in [1.82, 2.24) is 14.5 Å². The van der Waals surface area contributed by atoms with Gasteiger partial charge in [0.05, 0.1) is 17.6 Å². The van der Waals surface area contributed by atoms with Crippen LogP contribution in [-0.4, -0.2) is 27.5 Å². The highest BCUT2D eigenvalue weighted by molar-refractivity contribution is 6.30. The summed E-state index contributed by atoms with van der Waals surface area (Å²) >= 11 is 6.01. The third-order valence-corrected chi connectivity index (χ3v) is 4.80. The van der Waals surface area contributed by atoms with Crippen LogP contribution in [0.15, 0.2) is 48.5 Å². The van der Waals surface area contributed by atoms with Crippen LogP contribution in [0.4, 0.5) is 0 Å². The van der Waals surface area contributed by atoms with E-state index >= 15 is 0 Å². The molecule has 0 aliphatic carbocycles. The molecule has 1 fully saturated rings. The van der Waals surface area contributed by atoms with Gasteiger partial charge in [0.1, 0.15) is 5.82 Å². The van der Waals surface area contributed by atoms with Crippen molar-refractivity contribution in [2.75, 3.05) is 13.1 Å². The quantitative estimate of drug-likeness (QED) is 0.699. The number of rotatable bonds is 4. The van der Waals surface area contributed by atoms with Gasteiger partial charge in [-0.25, -0.2) is 4.98 Å². The third-order valence-electron chi connectivity index (χ3n) is 4.55. The predicted molar refractivity (Wildman–Crippen MR) is 94.8 cm³/mol. The Morgan fingerprint density at radius 1 is 0.917 bits per heavy atom. The lowest BCUT2D eigenvalue weighted by atomic mass is 10.2. The van der Waals surface area contributed by atoms with Gasteiger partial charge in [0, 0.05) is 11.6 Å². The van der Waals surface area contributed by atoms with E-state index in [1.54, 1.807) is 0 Å². The van der Waals surface area contributed by atoms with Gasteiger partial charge in [0.15, 0.2) is 0 Å². The van der Waals surface area contributed by atoms with Crippen molar-refractivity contribution in [3.05, 3.63) is 64.9 Å². The summed E-state index contributed by atoms with van der Waals surface area (Å²) in [7, 11) is 0. The first-order chi connectivity index (χ1) is 11.3. The second-order valence-corrected chi connectivity index (χ2v) is 6.65. The number of imidazole rings is 1. The molecule has 0 atom stereocenters. The number of likely N-dealkylation sites (tertiary alicyclic amines) is 1. The summed E-state index contributed by atoms with van der Waals surface area (Å²) in [6.07, 6.45) is 2.61. The maximum Gasteiger partial charge on any atom is 0.124 e. The highest BCUT2D eigenvalue weighted by Crippen LogP contribution is 2.21. The van der Waals surface area contributed by atoms with Gasteiger partial charge in [-0.15, -0.1) is 0 Å². The Morgan fingerprint density at radius 2 is 1.62 bits per heavy atom. The SMILES string of the molecule is Clc1ccc(Cn2c(CN3CCCC3)nc3ccccc32)cc1.[Cl-]. The molecule has 0 amide bonds. The maximum absolute atomic E-state index is 6.01. The van der Waals surface area contributed by atoms with Gasteiger partial charge in [-0.05, 0) is 55.8 Å². The van der Waals surface area contributed by atoms with Gasteiger partial charge in [0.2, 0.25) is 0 Å². The van der Waals surface area contributed by atoms with Crippen molar-refractivity contribution >= 4 is 22.6 Å². The van der Waals surface area contributed by atoms with E-state index in [4.69, 9.17) is 16.6 Å². The first-order valence-corrected chi connectivity index (χ1v) is 8.58. The number of benzene rings is 2. The lowest BCUT2D eigenvalue weighted by Crippen LogP contribution is -3.00. The van der Waals surface area contributed by atoms with Gasteiger partial charge < -0.3 is 17.0 Å². The Bertz CT molecular complexity index is 805. The van der Waals surface area contributed by atoms with E-state index < -0.39 is 0 Å². The first-order valence-electron chi connectivity index (χ1n) is 8.20. The highest BCUT2D eigenvalue weighted by atomic mass is 35.5. The predicted octanol–water partition coefficient (Wildman–Crippen LogP) is 1.34. The minimum atomic E-state index is 0. The average molecular weight is 361 g/mol. The molecule has 0 saturated carbocycles. The molecule has 0 bridgehead atoms. The molecule has 0 spiro atoms. The summed E-state index contributed by atoms with van der Waals surface area (Å²) in [4.78, 5) is 7.38. The van der Waals surface area contributed by atoms with Gasteiger partial charge >= 0.3 is 0 Å². The van der Waals surface area contributed by atoms with Gasteiger partial charge in [-0.1, -0.05) is 35.9 Å². The number of nitrogens with zero attached hydrogens (tertiary/aromatic N) is 3. The van der Waals surface area contributed by atoms with E-state index in [0.29, 0.717) is 0 Å². The zero-order valence-electron chi connectivity index (χ0n) is 13.5. The molecule has 24 heavy (non-hydrogen) atoms. The largest absolute Gasteiger partial charge is 1.00 e. The molecule has 4 rings (SSSR count). The fourth-order valence-corrected chi connectivity index (χ4v) is 3.46. The zero-order chi connectivity index (χ0) is 15.6. The van der Waals surface area contributed by atoms with E-state index in [1.165, 1.54) is 37.0 Å². The van der Waals surface area contributed by atoms with Crippen molar-refractivity contribution < 1.29 is 12.4 Å². The van der Waals surface area contributed by atoms with Crippen LogP contribution in [0.5, 0.6) is 0 Å². The molecular formula is C19H20Cl2N3-. The molecule has 2 aromatic carbocycles. The van der Waals surface area contributed by atoms with Gasteiger partial charge in [-0.2, -0.15) is 0 Å². The lowest BCUT2D eigenvalue weighted by molar-refractivity contribution is -0.00000464. The van der Waals surface area contributed by atoms with Crippen LogP contribution in [0.1, 0.15) is 24.2 Å². The minimum Gasteiger partial charge on any atom is -1.00 e. The molecule has 0 N–H and O–H groups in total. The molecule has 126 valence electrons. The number of aromatic nitrogens is 2. The van der Waals surface area contributed by atoms with Crippen LogP contribution in [0, 0.1) is 0 Å². The molecule has 0 radical (unpaired) electrons. The summed E-state index contributed by atoms with van der Waals surface area (Å²) in [6.45, 7) is 4.14. The molecule has 3 aromatic rings. The molecule has 1 saturated heterocycles. The molecule has 2 heterocycles. The standard InChI is InChI=1S/C19H20ClN3.ClH/c20-16-9-7-15(8-10-16)13-23-18-6-2-1-5-17(18)21-19(23)14-22-11-3-4-12-22;/h1-2,5-10H,3-4,11-14H2;1H/p-1. The van der Waals surface area contributed by atoms with E-state index in [-0.39, 0.29) is 12.4 Å². The zero-order valence-corrected chi connectivity index (χ0v) is 15.0. The van der Waals surface area contributed by atoms with E-state index in [1.807, 2.05) is 12.1 Å². The molecule has 1 aliphatic rings. The highest BCUT2D eigenvalue weighted by Gasteiger charge is 2.17. The molecule has 1 aromatic heterocycles. The number of hydrogen-bond acceptors (Lipinski definition) is 2. The van der Waals surface area contributed by atoms with Crippen molar-refractivity contribution in [1.29, 1.82) is 0 Å². The van der Waals surface area contributed by atoms with E-state index in [2.05, 4.69) is 45.9 Å². The maximum atomic E-state index is 6.01. The fourth-order valence-electron chi connectivity index (χ4n) is 3.34.